The smallest absolute Gasteiger partial charge is 0.306 e. The molecule has 4 atom stereocenters. The lowest BCUT2D eigenvalue weighted by Gasteiger charge is -2.27. The van der Waals surface area contributed by atoms with E-state index in [2.05, 4.69) is 6.58 Å². The van der Waals surface area contributed by atoms with Gasteiger partial charge in [-0.1, -0.05) is 42.5 Å². The Labute approximate surface area is 155 Å². The van der Waals surface area contributed by atoms with Crippen molar-refractivity contribution in [1.82, 2.24) is 0 Å². The molecule has 0 aromatic heterocycles. The Kier molecular flexibility index (Phi) is 6.28. The maximum Gasteiger partial charge on any atom is 0.306 e. The van der Waals surface area contributed by atoms with Crippen molar-refractivity contribution in [3.8, 4) is 0 Å². The molecule has 4 heteroatoms. The van der Waals surface area contributed by atoms with Gasteiger partial charge in [0.15, 0.2) is 0 Å². The Morgan fingerprint density at radius 2 is 2.12 bits per heavy atom. The molecule has 0 radical (unpaired) electrons. The van der Waals surface area contributed by atoms with Gasteiger partial charge < -0.3 is 14.6 Å². The number of allylic oxidation sites excluding steroid dienone is 1. The Hall–Kier alpha value is -1.91. The molecule has 3 rings (SSSR count). The van der Waals surface area contributed by atoms with E-state index in [9.17, 15) is 9.90 Å². The first kappa shape index (κ1) is 18.9. The number of ether oxygens (including phenoxy) is 2. The Balaban J connectivity index is 1.74. The maximum atomic E-state index is 12.2. The van der Waals surface area contributed by atoms with E-state index in [0.29, 0.717) is 19.4 Å². The summed E-state index contributed by atoms with van der Waals surface area (Å²) in [6.45, 7) is 4.22. The molecular weight excluding hydrogens is 328 g/mol. The first-order chi connectivity index (χ1) is 12.6. The summed E-state index contributed by atoms with van der Waals surface area (Å²) in [7, 11) is 0. The van der Waals surface area contributed by atoms with E-state index in [1.54, 1.807) is 0 Å². The van der Waals surface area contributed by atoms with Crippen LogP contribution in [-0.4, -0.2) is 28.9 Å². The highest BCUT2D eigenvalue weighted by molar-refractivity contribution is 5.70. The average Bonchev–Trinajstić information content (AvgIpc) is 2.97. The molecule has 1 saturated carbocycles. The summed E-state index contributed by atoms with van der Waals surface area (Å²) < 4.78 is 11.9. The molecule has 2 bridgehead atoms. The number of carbonyl (C=O) groups is 1. The molecule has 0 saturated heterocycles. The van der Waals surface area contributed by atoms with Crippen LogP contribution in [0.5, 0.6) is 0 Å². The number of aliphatic hydroxyl groups is 1. The minimum absolute atomic E-state index is 0.116. The number of esters is 1. The molecule has 4 nitrogen and oxygen atoms in total. The second-order valence-electron chi connectivity index (χ2n) is 7.39. The van der Waals surface area contributed by atoms with Crippen LogP contribution >= 0.6 is 0 Å². The van der Waals surface area contributed by atoms with Gasteiger partial charge in [0.25, 0.3) is 0 Å². The van der Waals surface area contributed by atoms with E-state index in [1.165, 1.54) is 0 Å². The van der Waals surface area contributed by atoms with E-state index < -0.39 is 11.7 Å². The van der Waals surface area contributed by atoms with Gasteiger partial charge in [-0.05, 0) is 43.2 Å². The molecule has 2 unspecified atom stereocenters. The lowest BCUT2D eigenvalue weighted by atomic mass is 9.97. The van der Waals surface area contributed by atoms with Crippen LogP contribution in [0.25, 0.3) is 0 Å². The summed E-state index contributed by atoms with van der Waals surface area (Å²) in [5, 5.41) is 10.4. The molecule has 26 heavy (non-hydrogen) atoms. The van der Waals surface area contributed by atoms with Gasteiger partial charge >= 0.3 is 5.97 Å². The number of hydrogen-bond acceptors (Lipinski definition) is 4. The van der Waals surface area contributed by atoms with Crippen LogP contribution < -0.4 is 0 Å². The fourth-order valence-electron chi connectivity index (χ4n) is 3.87. The summed E-state index contributed by atoms with van der Waals surface area (Å²) in [5.41, 5.74) is 0.563. The fourth-order valence-corrected chi connectivity index (χ4v) is 3.87. The molecule has 0 amide bonds. The number of rotatable bonds is 7. The Morgan fingerprint density at radius 1 is 1.31 bits per heavy atom. The molecular formula is C22H28O4. The molecule has 1 aliphatic heterocycles. The van der Waals surface area contributed by atoms with Gasteiger partial charge in [-0.2, -0.15) is 0 Å². The van der Waals surface area contributed by atoms with E-state index in [1.807, 2.05) is 48.6 Å². The number of carbonyl (C=O) groups excluding carboxylic acids is 1. The van der Waals surface area contributed by atoms with Crippen LogP contribution in [0.4, 0.5) is 0 Å². The van der Waals surface area contributed by atoms with Gasteiger partial charge in [0, 0.05) is 6.42 Å². The van der Waals surface area contributed by atoms with Crippen molar-refractivity contribution in [2.24, 2.45) is 5.92 Å². The summed E-state index contributed by atoms with van der Waals surface area (Å²) >= 11 is 0. The summed E-state index contributed by atoms with van der Waals surface area (Å²) in [6, 6.07) is 10.0. The average molecular weight is 356 g/mol. The molecule has 1 heterocycles. The summed E-state index contributed by atoms with van der Waals surface area (Å²) in [4.78, 5) is 12.2. The van der Waals surface area contributed by atoms with Crippen molar-refractivity contribution in [3.63, 3.8) is 0 Å². The largest absolute Gasteiger partial charge is 0.458 e. The zero-order valence-corrected chi connectivity index (χ0v) is 15.2. The number of benzene rings is 1. The highest BCUT2D eigenvalue weighted by atomic mass is 16.5. The van der Waals surface area contributed by atoms with Crippen molar-refractivity contribution in [2.45, 2.75) is 62.9 Å². The molecule has 0 spiro atoms. The normalized spacial score (nSPS) is 31.0. The zero-order chi connectivity index (χ0) is 18.4. The summed E-state index contributed by atoms with van der Waals surface area (Å²) in [6.07, 6.45) is 9.09. The monoisotopic (exact) mass is 356 g/mol. The van der Waals surface area contributed by atoms with Gasteiger partial charge in [0.05, 0.1) is 24.7 Å². The van der Waals surface area contributed by atoms with Crippen LogP contribution in [0.15, 0.2) is 55.1 Å². The second kappa shape index (κ2) is 8.65. The molecule has 1 aromatic carbocycles. The first-order valence-electron chi connectivity index (χ1n) is 9.46. The van der Waals surface area contributed by atoms with Gasteiger partial charge in [-0.15, -0.1) is 6.58 Å². The number of unbranched alkanes of at least 4 members (excludes halogenated alkanes) is 1. The third-order valence-corrected chi connectivity index (χ3v) is 5.30. The van der Waals surface area contributed by atoms with Gasteiger partial charge in [-0.25, -0.2) is 0 Å². The van der Waals surface area contributed by atoms with Crippen molar-refractivity contribution >= 4 is 5.97 Å². The molecule has 1 aromatic rings. The predicted molar refractivity (Wildman–Crippen MR) is 100 cm³/mol. The Bertz CT molecular complexity index is 639. The molecule has 2 aliphatic rings. The first-order valence-corrected chi connectivity index (χ1v) is 9.46. The second-order valence-corrected chi connectivity index (χ2v) is 7.39. The molecule has 1 N–H and O–H groups in total. The lowest BCUT2D eigenvalue weighted by molar-refractivity contribution is -0.149. The van der Waals surface area contributed by atoms with Crippen LogP contribution in [0.1, 0.15) is 44.1 Å². The van der Waals surface area contributed by atoms with Gasteiger partial charge in [0.2, 0.25) is 0 Å². The standard InChI is InChI=1S/C22H28O4/c1-2-3-5-10-19-11-12-22(25-16-17-8-6-4-7-9-17)14-18(20(23)15-22)13-21(24)26-19/h2,4,6-9,11-12,18-20,23H,1,3,5,10,13-16H2/t18-,19?,20?,22-/m1/s1. The third-order valence-electron chi connectivity index (χ3n) is 5.30. The molecule has 1 aliphatic carbocycles. The topological polar surface area (TPSA) is 55.8 Å². The predicted octanol–water partition coefficient (Wildman–Crippen LogP) is 3.94. The number of hydrogen-bond donors (Lipinski definition) is 1. The van der Waals surface area contributed by atoms with E-state index in [4.69, 9.17) is 9.47 Å². The van der Waals surface area contributed by atoms with Crippen LogP contribution in [0, 0.1) is 5.92 Å². The minimum Gasteiger partial charge on any atom is -0.458 e. The van der Waals surface area contributed by atoms with Crippen molar-refractivity contribution in [1.29, 1.82) is 0 Å². The van der Waals surface area contributed by atoms with Gasteiger partial charge in [0.1, 0.15) is 6.10 Å². The van der Waals surface area contributed by atoms with E-state index in [0.717, 1.165) is 24.8 Å². The Morgan fingerprint density at radius 3 is 2.88 bits per heavy atom. The number of cyclic esters (lactones) is 1. The van der Waals surface area contributed by atoms with Crippen molar-refractivity contribution in [3.05, 3.63) is 60.7 Å². The number of aliphatic hydroxyl groups excluding tert-OH is 1. The highest BCUT2D eigenvalue weighted by Crippen LogP contribution is 2.42. The number of fused-ring (bicyclic) bond motifs is 2. The molecule has 140 valence electrons. The zero-order valence-electron chi connectivity index (χ0n) is 15.2. The minimum atomic E-state index is -0.541. The highest BCUT2D eigenvalue weighted by Gasteiger charge is 2.45. The molecule has 1 fully saturated rings. The van der Waals surface area contributed by atoms with E-state index in [-0.39, 0.29) is 24.4 Å². The van der Waals surface area contributed by atoms with Crippen LogP contribution in [0.3, 0.4) is 0 Å². The fraction of sp³-hybridized carbons (Fsp3) is 0.500. The van der Waals surface area contributed by atoms with Gasteiger partial charge in [-0.3, -0.25) is 4.79 Å². The summed E-state index contributed by atoms with van der Waals surface area (Å²) in [5.74, 6) is -0.349. The maximum absolute atomic E-state index is 12.2. The third kappa shape index (κ3) is 4.83. The van der Waals surface area contributed by atoms with Crippen molar-refractivity contribution < 1.29 is 19.4 Å². The van der Waals surface area contributed by atoms with Crippen LogP contribution in [-0.2, 0) is 20.9 Å². The lowest BCUT2D eigenvalue weighted by Crippen LogP contribution is -2.28. The van der Waals surface area contributed by atoms with Crippen LogP contribution in [0.2, 0.25) is 0 Å². The quantitative estimate of drug-likeness (QED) is 0.457. The SMILES string of the molecule is C=CCCCC1C=C[C@]2(OCc3ccccc3)CC(O)[C@H](CC(=O)O1)C2. The van der Waals surface area contributed by atoms with E-state index >= 15 is 0 Å². The van der Waals surface area contributed by atoms with Crippen molar-refractivity contribution in [2.75, 3.05) is 0 Å².